The van der Waals surface area contributed by atoms with E-state index in [2.05, 4.69) is 11.8 Å². The van der Waals surface area contributed by atoms with Crippen LogP contribution in [-0.4, -0.2) is 74.2 Å². The predicted octanol–water partition coefficient (Wildman–Crippen LogP) is 1.95. The maximum absolute atomic E-state index is 12.9. The molecule has 0 bridgehead atoms. The SMILES string of the molecule is CCN1CCCN(C(=O)C2CCN(S(=O)(=O)c3ccc(C)cc3)CC2)CC1. The number of carbonyl (C=O) groups excluding carboxylic acids is 1. The van der Waals surface area contributed by atoms with Gasteiger partial charge in [-0.3, -0.25) is 4.79 Å². The molecule has 3 rings (SSSR count). The maximum Gasteiger partial charge on any atom is 0.243 e. The topological polar surface area (TPSA) is 60.9 Å². The summed E-state index contributed by atoms with van der Waals surface area (Å²) in [4.78, 5) is 17.6. The summed E-state index contributed by atoms with van der Waals surface area (Å²) >= 11 is 0. The highest BCUT2D eigenvalue weighted by molar-refractivity contribution is 7.89. The van der Waals surface area contributed by atoms with Gasteiger partial charge < -0.3 is 9.80 Å². The highest BCUT2D eigenvalue weighted by Crippen LogP contribution is 2.25. The van der Waals surface area contributed by atoms with E-state index in [1.165, 1.54) is 4.31 Å². The second-order valence-electron chi connectivity index (χ2n) is 7.60. The number of piperidine rings is 1. The molecule has 0 N–H and O–H groups in total. The van der Waals surface area contributed by atoms with Crippen LogP contribution in [0.2, 0.25) is 0 Å². The summed E-state index contributed by atoms with van der Waals surface area (Å²) in [7, 11) is -3.47. The van der Waals surface area contributed by atoms with Gasteiger partial charge in [-0.15, -0.1) is 0 Å². The van der Waals surface area contributed by atoms with E-state index >= 15 is 0 Å². The van der Waals surface area contributed by atoms with Crippen molar-refractivity contribution in [3.8, 4) is 0 Å². The molecule has 2 aliphatic rings. The first kappa shape index (κ1) is 20.3. The quantitative estimate of drug-likeness (QED) is 0.784. The number of nitrogens with zero attached hydrogens (tertiary/aromatic N) is 3. The van der Waals surface area contributed by atoms with Crippen molar-refractivity contribution in [1.82, 2.24) is 14.1 Å². The van der Waals surface area contributed by atoms with Crippen molar-refractivity contribution in [2.24, 2.45) is 5.92 Å². The van der Waals surface area contributed by atoms with E-state index in [1.807, 2.05) is 24.0 Å². The Morgan fingerprint density at radius 1 is 1.00 bits per heavy atom. The molecule has 2 heterocycles. The zero-order chi connectivity index (χ0) is 19.4. The van der Waals surface area contributed by atoms with Crippen molar-refractivity contribution in [2.45, 2.75) is 38.0 Å². The summed E-state index contributed by atoms with van der Waals surface area (Å²) in [6, 6.07) is 6.97. The normalized spacial score (nSPS) is 21.2. The Hall–Kier alpha value is -1.44. The van der Waals surface area contributed by atoms with E-state index in [0.29, 0.717) is 30.8 Å². The second kappa shape index (κ2) is 8.71. The lowest BCUT2D eigenvalue weighted by molar-refractivity contribution is -0.136. The fourth-order valence-corrected chi connectivity index (χ4v) is 5.44. The van der Waals surface area contributed by atoms with Gasteiger partial charge in [0.05, 0.1) is 4.90 Å². The van der Waals surface area contributed by atoms with E-state index < -0.39 is 10.0 Å². The average Bonchev–Trinajstić information content (AvgIpc) is 2.93. The van der Waals surface area contributed by atoms with Crippen LogP contribution in [0.5, 0.6) is 0 Å². The fourth-order valence-electron chi connectivity index (χ4n) is 3.97. The molecule has 0 unspecified atom stereocenters. The van der Waals surface area contributed by atoms with Crippen LogP contribution >= 0.6 is 0 Å². The molecule has 6 nitrogen and oxygen atoms in total. The van der Waals surface area contributed by atoms with E-state index in [-0.39, 0.29) is 11.8 Å². The summed E-state index contributed by atoms with van der Waals surface area (Å²) in [6.07, 6.45) is 2.23. The highest BCUT2D eigenvalue weighted by atomic mass is 32.2. The molecule has 7 heteroatoms. The molecule has 150 valence electrons. The minimum Gasteiger partial charge on any atom is -0.341 e. The highest BCUT2D eigenvalue weighted by Gasteiger charge is 2.34. The van der Waals surface area contributed by atoms with Gasteiger partial charge in [0.2, 0.25) is 15.9 Å². The van der Waals surface area contributed by atoms with Gasteiger partial charge in [0.1, 0.15) is 0 Å². The molecule has 27 heavy (non-hydrogen) atoms. The Morgan fingerprint density at radius 2 is 1.67 bits per heavy atom. The monoisotopic (exact) mass is 393 g/mol. The number of carbonyl (C=O) groups is 1. The number of aryl methyl sites for hydroxylation is 1. The number of hydrogen-bond donors (Lipinski definition) is 0. The summed E-state index contributed by atoms with van der Waals surface area (Å²) in [5, 5.41) is 0. The lowest BCUT2D eigenvalue weighted by Gasteiger charge is -2.33. The molecule has 2 fully saturated rings. The van der Waals surface area contributed by atoms with Gasteiger partial charge in [-0.1, -0.05) is 24.6 Å². The van der Waals surface area contributed by atoms with Crippen molar-refractivity contribution < 1.29 is 13.2 Å². The largest absolute Gasteiger partial charge is 0.341 e. The zero-order valence-electron chi connectivity index (χ0n) is 16.4. The number of benzene rings is 1. The minimum atomic E-state index is -3.47. The maximum atomic E-state index is 12.9. The van der Waals surface area contributed by atoms with Crippen molar-refractivity contribution in [1.29, 1.82) is 0 Å². The molecule has 0 spiro atoms. The van der Waals surface area contributed by atoms with Gasteiger partial charge in [0.15, 0.2) is 0 Å². The van der Waals surface area contributed by atoms with E-state index in [0.717, 1.165) is 44.7 Å². The molecule has 1 aromatic rings. The van der Waals surface area contributed by atoms with Gasteiger partial charge in [-0.05, 0) is 51.4 Å². The first-order valence-electron chi connectivity index (χ1n) is 10.00. The van der Waals surface area contributed by atoms with Crippen LogP contribution in [0.25, 0.3) is 0 Å². The zero-order valence-corrected chi connectivity index (χ0v) is 17.2. The Balaban J connectivity index is 1.58. The van der Waals surface area contributed by atoms with Gasteiger partial charge >= 0.3 is 0 Å². The molecular formula is C20H31N3O3S. The first-order chi connectivity index (χ1) is 12.9. The van der Waals surface area contributed by atoms with Crippen LogP contribution in [0.15, 0.2) is 29.2 Å². The fraction of sp³-hybridized carbons (Fsp3) is 0.650. The number of rotatable bonds is 4. The van der Waals surface area contributed by atoms with Gasteiger partial charge in [-0.2, -0.15) is 4.31 Å². The summed E-state index contributed by atoms with van der Waals surface area (Å²) in [5.74, 6) is 0.156. The van der Waals surface area contributed by atoms with Crippen molar-refractivity contribution in [3.05, 3.63) is 29.8 Å². The van der Waals surface area contributed by atoms with Gasteiger partial charge in [-0.25, -0.2) is 8.42 Å². The third-order valence-electron chi connectivity index (χ3n) is 5.81. The van der Waals surface area contributed by atoms with E-state index in [4.69, 9.17) is 0 Å². The first-order valence-corrected chi connectivity index (χ1v) is 11.4. The molecular weight excluding hydrogens is 362 g/mol. The van der Waals surface area contributed by atoms with E-state index in [1.54, 1.807) is 12.1 Å². The number of hydrogen-bond acceptors (Lipinski definition) is 4. The number of sulfonamides is 1. The number of amides is 1. The van der Waals surface area contributed by atoms with Crippen molar-refractivity contribution in [3.63, 3.8) is 0 Å². The molecule has 0 aromatic heterocycles. The molecule has 0 aliphatic carbocycles. The van der Waals surface area contributed by atoms with Crippen LogP contribution in [0.1, 0.15) is 31.7 Å². The summed E-state index contributed by atoms with van der Waals surface area (Å²) < 4.78 is 27.2. The molecule has 1 aromatic carbocycles. The molecule has 2 aliphatic heterocycles. The minimum absolute atomic E-state index is 0.0531. The van der Waals surface area contributed by atoms with E-state index in [9.17, 15) is 13.2 Å². The Bertz CT molecular complexity index is 740. The molecule has 0 radical (unpaired) electrons. The predicted molar refractivity (Wildman–Crippen MR) is 106 cm³/mol. The average molecular weight is 394 g/mol. The third-order valence-corrected chi connectivity index (χ3v) is 7.72. The third kappa shape index (κ3) is 4.70. The smallest absolute Gasteiger partial charge is 0.243 e. The van der Waals surface area contributed by atoms with Crippen LogP contribution in [0.3, 0.4) is 0 Å². The van der Waals surface area contributed by atoms with Crippen molar-refractivity contribution in [2.75, 3.05) is 45.8 Å². The Kier molecular flexibility index (Phi) is 6.55. The number of likely N-dealkylation sites (N-methyl/N-ethyl adjacent to an activating group) is 1. The Morgan fingerprint density at radius 3 is 2.30 bits per heavy atom. The van der Waals surface area contributed by atoms with Gasteiger partial charge in [0, 0.05) is 38.6 Å². The van der Waals surface area contributed by atoms with Gasteiger partial charge in [0.25, 0.3) is 0 Å². The second-order valence-corrected chi connectivity index (χ2v) is 9.54. The Labute approximate surface area is 163 Å². The molecule has 0 atom stereocenters. The summed E-state index contributed by atoms with van der Waals surface area (Å²) in [5.41, 5.74) is 1.04. The van der Waals surface area contributed by atoms with Crippen LogP contribution in [0.4, 0.5) is 0 Å². The molecule has 2 saturated heterocycles. The van der Waals surface area contributed by atoms with Crippen LogP contribution < -0.4 is 0 Å². The molecule has 0 saturated carbocycles. The molecule has 1 amide bonds. The lowest BCUT2D eigenvalue weighted by atomic mass is 9.96. The van der Waals surface area contributed by atoms with Crippen molar-refractivity contribution >= 4 is 15.9 Å². The van der Waals surface area contributed by atoms with Crippen LogP contribution in [0, 0.1) is 12.8 Å². The lowest BCUT2D eigenvalue weighted by Crippen LogP contribution is -2.45. The van der Waals surface area contributed by atoms with Crippen LogP contribution in [-0.2, 0) is 14.8 Å². The standard InChI is InChI=1S/C20H31N3O3S/c1-3-21-11-4-12-22(16-15-21)20(24)18-9-13-23(14-10-18)27(25,26)19-7-5-17(2)6-8-19/h5-8,18H,3-4,9-16H2,1-2H3. The summed E-state index contributed by atoms with van der Waals surface area (Å²) in [6.45, 7) is 9.54.